The number of halogens is 2. The predicted octanol–water partition coefficient (Wildman–Crippen LogP) is 3.54. The van der Waals surface area contributed by atoms with Crippen molar-refractivity contribution in [3.8, 4) is 11.5 Å². The summed E-state index contributed by atoms with van der Waals surface area (Å²) in [5.41, 5.74) is 0.0893. The molecule has 0 atom stereocenters. The lowest BCUT2D eigenvalue weighted by atomic mass is 10.2. The minimum atomic E-state index is -0.702. The Bertz CT molecular complexity index is 594. The van der Waals surface area contributed by atoms with E-state index in [4.69, 9.17) is 4.74 Å². The smallest absolute Gasteiger partial charge is 0.337 e. The van der Waals surface area contributed by atoms with Gasteiger partial charge in [0.15, 0.2) is 11.6 Å². The Balaban J connectivity index is 2.22. The van der Waals surface area contributed by atoms with E-state index in [1.165, 1.54) is 43.5 Å². The van der Waals surface area contributed by atoms with Crippen molar-refractivity contribution in [2.24, 2.45) is 0 Å². The molecule has 2 aromatic carbocycles. The summed E-state index contributed by atoms with van der Waals surface area (Å²) in [6, 6.07) is 8.88. The lowest BCUT2D eigenvalue weighted by Crippen LogP contribution is -2.02. The van der Waals surface area contributed by atoms with E-state index in [1.807, 2.05) is 0 Å². The zero-order valence-corrected chi connectivity index (χ0v) is 10.0. The van der Waals surface area contributed by atoms with Gasteiger partial charge in [0, 0.05) is 0 Å². The fourth-order valence-corrected chi connectivity index (χ4v) is 1.46. The summed E-state index contributed by atoms with van der Waals surface area (Å²) in [5.74, 6) is -1.50. The molecule has 0 fully saturated rings. The number of hydrogen-bond donors (Lipinski definition) is 0. The third-order valence-electron chi connectivity index (χ3n) is 2.39. The number of carbonyl (C=O) groups excluding carboxylic acids is 1. The highest BCUT2D eigenvalue weighted by Crippen LogP contribution is 2.25. The first-order chi connectivity index (χ1) is 9.10. The highest BCUT2D eigenvalue weighted by molar-refractivity contribution is 5.89. The molecule has 0 aromatic heterocycles. The first kappa shape index (κ1) is 13.0. The molecule has 0 amide bonds. The number of rotatable bonds is 3. The summed E-state index contributed by atoms with van der Waals surface area (Å²) in [6.07, 6.45) is 0. The lowest BCUT2D eigenvalue weighted by molar-refractivity contribution is 0.0600. The highest BCUT2D eigenvalue weighted by atomic mass is 19.1. The standard InChI is InChI=1S/C14H10F2O3/c1-18-14(17)9-2-7-13(12(16)8-9)19-11-5-3-10(15)4-6-11/h2-8H,1H3. The van der Waals surface area contributed by atoms with Crippen LogP contribution in [0.3, 0.4) is 0 Å². The largest absolute Gasteiger partial charge is 0.465 e. The average Bonchev–Trinajstić information content (AvgIpc) is 2.42. The van der Waals surface area contributed by atoms with Crippen LogP contribution in [0.5, 0.6) is 11.5 Å². The summed E-state index contributed by atoms with van der Waals surface area (Å²) in [6.45, 7) is 0. The van der Waals surface area contributed by atoms with E-state index in [1.54, 1.807) is 0 Å². The maximum Gasteiger partial charge on any atom is 0.337 e. The summed E-state index contributed by atoms with van der Waals surface area (Å²) in [7, 11) is 1.21. The number of carbonyl (C=O) groups is 1. The SMILES string of the molecule is COC(=O)c1ccc(Oc2ccc(F)cc2)c(F)c1. The number of methoxy groups -OCH3 is 1. The van der Waals surface area contributed by atoms with Gasteiger partial charge in [0.05, 0.1) is 12.7 Å². The minimum absolute atomic E-state index is 0.0562. The summed E-state index contributed by atoms with van der Waals surface area (Å²) < 4.78 is 36.1. The maximum absolute atomic E-state index is 13.7. The molecule has 0 spiro atoms. The van der Waals surface area contributed by atoms with Gasteiger partial charge in [-0.3, -0.25) is 0 Å². The van der Waals surface area contributed by atoms with Gasteiger partial charge in [-0.1, -0.05) is 0 Å². The molecule has 0 saturated heterocycles. The molecule has 0 heterocycles. The second kappa shape index (κ2) is 5.48. The van der Waals surface area contributed by atoms with E-state index >= 15 is 0 Å². The van der Waals surface area contributed by atoms with Crippen molar-refractivity contribution in [1.29, 1.82) is 0 Å². The number of esters is 1. The molecule has 0 aliphatic heterocycles. The van der Waals surface area contributed by atoms with Crippen molar-refractivity contribution in [1.82, 2.24) is 0 Å². The Hall–Kier alpha value is -2.43. The first-order valence-corrected chi connectivity index (χ1v) is 5.41. The van der Waals surface area contributed by atoms with Crippen molar-refractivity contribution in [3.05, 3.63) is 59.7 Å². The molecule has 0 bridgehead atoms. The first-order valence-electron chi connectivity index (χ1n) is 5.41. The fraction of sp³-hybridized carbons (Fsp3) is 0.0714. The van der Waals surface area contributed by atoms with Gasteiger partial charge in [-0.2, -0.15) is 0 Å². The lowest BCUT2D eigenvalue weighted by Gasteiger charge is -2.07. The molecule has 2 aromatic rings. The van der Waals surface area contributed by atoms with Crippen LogP contribution in [-0.2, 0) is 4.74 Å². The van der Waals surface area contributed by atoms with Gasteiger partial charge in [-0.05, 0) is 42.5 Å². The van der Waals surface area contributed by atoms with Gasteiger partial charge in [0.1, 0.15) is 11.6 Å². The molecule has 0 unspecified atom stereocenters. The number of ether oxygens (including phenoxy) is 2. The molecule has 98 valence electrons. The summed E-state index contributed by atoms with van der Waals surface area (Å²) in [5, 5.41) is 0. The fourth-order valence-electron chi connectivity index (χ4n) is 1.46. The van der Waals surface area contributed by atoms with Crippen LogP contribution in [0.1, 0.15) is 10.4 Å². The summed E-state index contributed by atoms with van der Waals surface area (Å²) in [4.78, 5) is 11.2. The zero-order chi connectivity index (χ0) is 13.8. The summed E-state index contributed by atoms with van der Waals surface area (Å²) >= 11 is 0. The van der Waals surface area contributed by atoms with E-state index < -0.39 is 17.6 Å². The van der Waals surface area contributed by atoms with Crippen molar-refractivity contribution in [3.63, 3.8) is 0 Å². The molecule has 2 rings (SSSR count). The molecule has 3 nitrogen and oxygen atoms in total. The van der Waals surface area contributed by atoms with Crippen molar-refractivity contribution >= 4 is 5.97 Å². The molecule has 0 N–H and O–H groups in total. The van der Waals surface area contributed by atoms with Crippen LogP contribution >= 0.6 is 0 Å². The third kappa shape index (κ3) is 3.07. The molecular weight excluding hydrogens is 254 g/mol. The zero-order valence-electron chi connectivity index (χ0n) is 10.0. The number of benzene rings is 2. The maximum atomic E-state index is 13.7. The van der Waals surface area contributed by atoms with Gasteiger partial charge in [-0.25, -0.2) is 13.6 Å². The Labute approximate surface area is 108 Å². The Morgan fingerprint density at radius 2 is 1.74 bits per heavy atom. The van der Waals surface area contributed by atoms with Crippen LogP contribution in [0.25, 0.3) is 0 Å². The minimum Gasteiger partial charge on any atom is -0.465 e. The second-order valence-corrected chi connectivity index (χ2v) is 3.69. The van der Waals surface area contributed by atoms with E-state index in [2.05, 4.69) is 4.74 Å². The Morgan fingerprint density at radius 3 is 2.32 bits per heavy atom. The van der Waals surface area contributed by atoms with Crippen LogP contribution in [-0.4, -0.2) is 13.1 Å². The van der Waals surface area contributed by atoms with Gasteiger partial charge in [-0.15, -0.1) is 0 Å². The van der Waals surface area contributed by atoms with Crippen molar-refractivity contribution in [2.75, 3.05) is 7.11 Å². The van der Waals surface area contributed by atoms with Crippen LogP contribution in [0.15, 0.2) is 42.5 Å². The molecule has 0 saturated carbocycles. The van der Waals surface area contributed by atoms with Crippen LogP contribution < -0.4 is 4.74 Å². The van der Waals surface area contributed by atoms with Gasteiger partial charge < -0.3 is 9.47 Å². The van der Waals surface area contributed by atoms with E-state index in [0.717, 1.165) is 6.07 Å². The third-order valence-corrected chi connectivity index (χ3v) is 2.39. The molecule has 0 aliphatic rings. The molecule has 19 heavy (non-hydrogen) atoms. The number of hydrogen-bond acceptors (Lipinski definition) is 3. The van der Waals surface area contributed by atoms with Crippen molar-refractivity contribution in [2.45, 2.75) is 0 Å². The second-order valence-electron chi connectivity index (χ2n) is 3.69. The average molecular weight is 264 g/mol. The van der Waals surface area contributed by atoms with Crippen LogP contribution in [0.2, 0.25) is 0 Å². The highest BCUT2D eigenvalue weighted by Gasteiger charge is 2.11. The van der Waals surface area contributed by atoms with Gasteiger partial charge in [0.25, 0.3) is 0 Å². The molecule has 0 aliphatic carbocycles. The van der Waals surface area contributed by atoms with Crippen molar-refractivity contribution < 1.29 is 23.0 Å². The predicted molar refractivity (Wildman–Crippen MR) is 64.2 cm³/mol. The normalized spacial score (nSPS) is 10.1. The topological polar surface area (TPSA) is 35.5 Å². The Kier molecular flexibility index (Phi) is 3.75. The quantitative estimate of drug-likeness (QED) is 0.795. The van der Waals surface area contributed by atoms with E-state index in [-0.39, 0.29) is 11.3 Å². The Morgan fingerprint density at radius 1 is 1.05 bits per heavy atom. The molecular formula is C14H10F2O3. The monoisotopic (exact) mass is 264 g/mol. The van der Waals surface area contributed by atoms with E-state index in [9.17, 15) is 13.6 Å². The molecule has 0 radical (unpaired) electrons. The molecule has 5 heteroatoms. The van der Waals surface area contributed by atoms with E-state index in [0.29, 0.717) is 5.75 Å². The van der Waals surface area contributed by atoms with Gasteiger partial charge in [0.2, 0.25) is 0 Å². The van der Waals surface area contributed by atoms with Gasteiger partial charge >= 0.3 is 5.97 Å². The van der Waals surface area contributed by atoms with Crippen LogP contribution in [0.4, 0.5) is 8.78 Å². The van der Waals surface area contributed by atoms with Crippen LogP contribution in [0, 0.1) is 11.6 Å².